The molecule has 0 fully saturated rings. The Hall–Kier alpha value is -2.48. The highest BCUT2D eigenvalue weighted by molar-refractivity contribution is 5.95. The molecule has 5 nitrogen and oxygen atoms in total. The lowest BCUT2D eigenvalue weighted by atomic mass is 10.2. The largest absolute Gasteiger partial charge is 0.433 e. The highest BCUT2D eigenvalue weighted by Crippen LogP contribution is 2.32. The maximum Gasteiger partial charge on any atom is 0.433 e. The third-order valence-electron chi connectivity index (χ3n) is 2.99. The molecule has 1 N–H and O–H groups in total. The molecule has 8 heteroatoms. The monoisotopic (exact) mass is 323 g/mol. The van der Waals surface area contributed by atoms with E-state index in [0.29, 0.717) is 12.1 Å². The average molecular weight is 323 g/mol. The summed E-state index contributed by atoms with van der Waals surface area (Å²) in [4.78, 5) is 7.80. The number of hydrogen-bond acceptors (Lipinski definition) is 4. The number of hydrogen-bond donors (Lipinski definition) is 1. The third-order valence-corrected chi connectivity index (χ3v) is 2.99. The fourth-order valence-corrected chi connectivity index (χ4v) is 1.94. The molecule has 0 spiro atoms. The zero-order valence-electron chi connectivity index (χ0n) is 12.7. The maximum absolute atomic E-state index is 13.3. The predicted octanol–water partition coefficient (Wildman–Crippen LogP) is 2.62. The minimum Gasteiger partial charge on any atom is -0.316 e. The molecule has 0 aliphatic rings. The van der Waals surface area contributed by atoms with E-state index in [-0.39, 0.29) is 11.5 Å². The molecule has 2 rings (SSSR count). The molecule has 0 aliphatic carbocycles. The summed E-state index contributed by atoms with van der Waals surface area (Å²) in [6, 6.07) is 4.29. The number of aromatic nitrogens is 3. The van der Waals surface area contributed by atoms with E-state index in [4.69, 9.17) is 0 Å². The zero-order valence-corrected chi connectivity index (χ0v) is 12.7. The second kappa shape index (κ2) is 7.19. The molecule has 0 aliphatic heterocycles. The Morgan fingerprint density at radius 2 is 2.22 bits per heavy atom. The first-order chi connectivity index (χ1) is 11.0. The summed E-state index contributed by atoms with van der Waals surface area (Å²) in [5, 5.41) is 6.92. The fraction of sp³-hybridized carbons (Fsp3) is 0.267. The molecule has 2 aromatic heterocycles. The van der Waals surface area contributed by atoms with E-state index in [9.17, 15) is 13.2 Å². The first-order valence-electron chi connectivity index (χ1n) is 6.83. The van der Waals surface area contributed by atoms with Crippen LogP contribution >= 0.6 is 0 Å². The van der Waals surface area contributed by atoms with E-state index in [1.165, 1.54) is 19.3 Å². The number of nitrogens with one attached hydrogen (secondary N) is 1. The summed E-state index contributed by atoms with van der Waals surface area (Å²) in [7, 11) is 3.16. The summed E-state index contributed by atoms with van der Waals surface area (Å²) < 4.78 is 40.7. The van der Waals surface area contributed by atoms with Gasteiger partial charge in [0.05, 0.1) is 5.69 Å². The minimum atomic E-state index is -4.54. The Morgan fingerprint density at radius 1 is 1.43 bits per heavy atom. The van der Waals surface area contributed by atoms with Gasteiger partial charge in [0.25, 0.3) is 0 Å². The third kappa shape index (κ3) is 4.04. The minimum absolute atomic E-state index is 0.0997. The standard InChI is InChI=1S/C15H16F3N5/c1-19-7-4-6-14(20-2)23-13(15(16,17)18)9-12(22-23)11-5-3-8-21-10-11/h3-6,8-10,19H,7H2,1-2H3/b6-4-,20-14?. The summed E-state index contributed by atoms with van der Waals surface area (Å²) in [6.07, 6.45) is 1.64. The lowest BCUT2D eigenvalue weighted by molar-refractivity contribution is -0.142. The molecule has 2 heterocycles. The van der Waals surface area contributed by atoms with Crippen LogP contribution in [0.2, 0.25) is 0 Å². The van der Waals surface area contributed by atoms with Gasteiger partial charge in [-0.15, -0.1) is 0 Å². The van der Waals surface area contributed by atoms with E-state index < -0.39 is 11.9 Å². The Balaban J connectivity index is 2.51. The van der Waals surface area contributed by atoms with Gasteiger partial charge < -0.3 is 5.32 Å². The molecule has 0 amide bonds. The highest BCUT2D eigenvalue weighted by Gasteiger charge is 2.37. The van der Waals surface area contributed by atoms with Gasteiger partial charge in [-0.25, -0.2) is 4.68 Å². The molecule has 0 saturated carbocycles. The average Bonchev–Trinajstić information content (AvgIpc) is 2.98. The Labute approximate surface area is 131 Å². The van der Waals surface area contributed by atoms with E-state index in [2.05, 4.69) is 20.4 Å². The van der Waals surface area contributed by atoms with Crippen LogP contribution in [-0.4, -0.2) is 41.2 Å². The van der Waals surface area contributed by atoms with Crippen LogP contribution in [0.15, 0.2) is 47.7 Å². The maximum atomic E-state index is 13.3. The predicted molar refractivity (Wildman–Crippen MR) is 82.3 cm³/mol. The van der Waals surface area contributed by atoms with Crippen molar-refractivity contribution >= 4 is 5.84 Å². The van der Waals surface area contributed by atoms with Crippen LogP contribution in [0.4, 0.5) is 13.2 Å². The van der Waals surface area contributed by atoms with Gasteiger partial charge in [0, 0.05) is 31.5 Å². The summed E-state index contributed by atoms with van der Waals surface area (Å²) in [5.74, 6) is 0.0997. The van der Waals surface area contributed by atoms with Crippen molar-refractivity contribution in [2.45, 2.75) is 6.18 Å². The van der Waals surface area contributed by atoms with Crippen molar-refractivity contribution in [3.8, 4) is 11.3 Å². The van der Waals surface area contributed by atoms with Crippen molar-refractivity contribution in [3.63, 3.8) is 0 Å². The molecular formula is C15H16F3N5. The molecule has 0 unspecified atom stereocenters. The Bertz CT molecular complexity index is 702. The molecule has 0 bridgehead atoms. The lowest BCUT2D eigenvalue weighted by Crippen LogP contribution is -2.20. The topological polar surface area (TPSA) is 55.1 Å². The van der Waals surface area contributed by atoms with Gasteiger partial charge in [0.2, 0.25) is 0 Å². The summed E-state index contributed by atoms with van der Waals surface area (Å²) >= 11 is 0. The van der Waals surface area contributed by atoms with Crippen molar-refractivity contribution in [1.29, 1.82) is 0 Å². The van der Waals surface area contributed by atoms with E-state index in [0.717, 1.165) is 10.7 Å². The number of nitrogens with zero attached hydrogens (tertiary/aromatic N) is 4. The molecule has 0 saturated heterocycles. The molecule has 0 atom stereocenters. The molecule has 122 valence electrons. The van der Waals surface area contributed by atoms with Crippen LogP contribution in [0.5, 0.6) is 0 Å². The fourth-order valence-electron chi connectivity index (χ4n) is 1.94. The van der Waals surface area contributed by atoms with Crippen molar-refractivity contribution < 1.29 is 13.2 Å². The summed E-state index contributed by atoms with van der Waals surface area (Å²) in [6.45, 7) is 0.511. The van der Waals surface area contributed by atoms with Crippen molar-refractivity contribution in [2.75, 3.05) is 20.6 Å². The first-order valence-corrected chi connectivity index (χ1v) is 6.83. The van der Waals surface area contributed by atoms with Gasteiger partial charge in [0.1, 0.15) is 5.84 Å². The van der Waals surface area contributed by atoms with Gasteiger partial charge in [0.15, 0.2) is 5.69 Å². The van der Waals surface area contributed by atoms with Crippen LogP contribution < -0.4 is 5.32 Å². The van der Waals surface area contributed by atoms with Crippen molar-refractivity contribution in [2.24, 2.45) is 4.99 Å². The number of aliphatic imine (C=N–C) groups is 1. The number of pyridine rings is 1. The molecule has 2 aromatic rings. The van der Waals surface area contributed by atoms with Gasteiger partial charge in [-0.2, -0.15) is 18.3 Å². The zero-order chi connectivity index (χ0) is 16.9. The van der Waals surface area contributed by atoms with Gasteiger partial charge in [-0.3, -0.25) is 9.98 Å². The van der Waals surface area contributed by atoms with Crippen molar-refractivity contribution in [3.05, 3.63) is 48.4 Å². The number of likely N-dealkylation sites (N-methyl/N-ethyl adjacent to an activating group) is 1. The first kappa shape index (κ1) is 16.9. The summed E-state index contributed by atoms with van der Waals surface area (Å²) in [5.41, 5.74) is -0.189. The SMILES string of the molecule is CN=C(/C=C\CNC)n1nc(-c2cccnc2)cc1C(F)(F)F. The molecule has 0 aromatic carbocycles. The van der Waals surface area contributed by atoms with Gasteiger partial charge in [-0.1, -0.05) is 6.08 Å². The highest BCUT2D eigenvalue weighted by atomic mass is 19.4. The van der Waals surface area contributed by atoms with Gasteiger partial charge in [-0.05, 0) is 31.3 Å². The van der Waals surface area contributed by atoms with Crippen LogP contribution in [0.25, 0.3) is 11.3 Å². The van der Waals surface area contributed by atoms with E-state index in [1.54, 1.807) is 31.5 Å². The lowest BCUT2D eigenvalue weighted by Gasteiger charge is -2.09. The number of rotatable bonds is 4. The quantitative estimate of drug-likeness (QED) is 0.695. The second-order valence-corrected chi connectivity index (χ2v) is 4.61. The Morgan fingerprint density at radius 3 is 2.78 bits per heavy atom. The van der Waals surface area contributed by atoms with E-state index in [1.807, 2.05) is 0 Å². The van der Waals surface area contributed by atoms with Crippen LogP contribution in [-0.2, 0) is 6.18 Å². The number of alkyl halides is 3. The number of allylic oxidation sites excluding steroid dienone is 1. The van der Waals surface area contributed by atoms with Gasteiger partial charge >= 0.3 is 6.18 Å². The van der Waals surface area contributed by atoms with E-state index >= 15 is 0 Å². The smallest absolute Gasteiger partial charge is 0.316 e. The normalized spacial score (nSPS) is 13.0. The molecule has 23 heavy (non-hydrogen) atoms. The van der Waals surface area contributed by atoms with Crippen LogP contribution in [0.3, 0.4) is 0 Å². The second-order valence-electron chi connectivity index (χ2n) is 4.61. The van der Waals surface area contributed by atoms with Crippen molar-refractivity contribution in [1.82, 2.24) is 20.1 Å². The van der Waals surface area contributed by atoms with Crippen LogP contribution in [0, 0.1) is 0 Å². The van der Waals surface area contributed by atoms with Crippen LogP contribution in [0.1, 0.15) is 5.69 Å². The Kier molecular flexibility index (Phi) is 5.28. The molecule has 0 radical (unpaired) electrons. The molecular weight excluding hydrogens is 307 g/mol. The number of halogens is 3.